The summed E-state index contributed by atoms with van der Waals surface area (Å²) in [5.74, 6) is 0. The average molecular weight is 261 g/mol. The highest BCUT2D eigenvalue weighted by Crippen LogP contribution is 2.50. The predicted octanol–water partition coefficient (Wildman–Crippen LogP) is 2.73. The standard InChI is InChI=1S/C14H19N3S/c15-9-13-7-3-1-5-11(13)18-12-6-2-4-8-14(12,10-16)17-13/h11-12,17H,1-8H2/t11-,12-,13-,14-/m1/s1. The molecule has 96 valence electrons. The molecule has 0 bridgehead atoms. The molecule has 4 heteroatoms. The van der Waals surface area contributed by atoms with E-state index < -0.39 is 11.1 Å². The molecule has 4 atom stereocenters. The third kappa shape index (κ3) is 1.67. The van der Waals surface area contributed by atoms with E-state index in [-0.39, 0.29) is 0 Å². The first kappa shape index (κ1) is 12.3. The second-order valence-corrected chi connectivity index (χ2v) is 7.31. The average Bonchev–Trinajstić information content (AvgIpc) is 2.44. The SMILES string of the molecule is N#C[C@]12CCCC[C@H]1S[C@@H]1CCCC[C@]1(C#N)N2. The van der Waals surface area contributed by atoms with Gasteiger partial charge in [-0.3, -0.25) is 5.32 Å². The van der Waals surface area contributed by atoms with E-state index in [9.17, 15) is 10.5 Å². The van der Waals surface area contributed by atoms with E-state index in [2.05, 4.69) is 17.5 Å². The van der Waals surface area contributed by atoms with Crippen molar-refractivity contribution in [1.29, 1.82) is 10.5 Å². The molecule has 3 nitrogen and oxygen atoms in total. The van der Waals surface area contributed by atoms with E-state index in [1.54, 1.807) is 0 Å². The lowest BCUT2D eigenvalue weighted by Gasteiger charge is -2.54. The van der Waals surface area contributed by atoms with Crippen molar-refractivity contribution in [2.45, 2.75) is 72.9 Å². The summed E-state index contributed by atoms with van der Waals surface area (Å²) in [5, 5.41) is 23.6. The second kappa shape index (κ2) is 4.44. The molecule has 18 heavy (non-hydrogen) atoms. The molecule has 0 aromatic carbocycles. The van der Waals surface area contributed by atoms with Crippen molar-refractivity contribution in [3.05, 3.63) is 0 Å². The van der Waals surface area contributed by atoms with E-state index in [4.69, 9.17) is 0 Å². The lowest BCUT2D eigenvalue weighted by atomic mass is 9.75. The van der Waals surface area contributed by atoms with Crippen molar-refractivity contribution >= 4 is 11.8 Å². The zero-order valence-electron chi connectivity index (χ0n) is 10.6. The Labute approximate surface area is 113 Å². The van der Waals surface area contributed by atoms with E-state index in [0.29, 0.717) is 10.5 Å². The van der Waals surface area contributed by atoms with Gasteiger partial charge in [-0.15, -0.1) is 11.8 Å². The number of rotatable bonds is 0. The molecule has 1 aliphatic heterocycles. The first-order valence-electron chi connectivity index (χ1n) is 7.02. The summed E-state index contributed by atoms with van der Waals surface area (Å²) in [6.45, 7) is 0. The monoisotopic (exact) mass is 261 g/mol. The molecule has 2 aliphatic carbocycles. The summed E-state index contributed by atoms with van der Waals surface area (Å²) >= 11 is 1.94. The largest absolute Gasteiger partial charge is 0.280 e. The maximum Gasteiger partial charge on any atom is 0.119 e. The van der Waals surface area contributed by atoms with Crippen molar-refractivity contribution in [2.75, 3.05) is 0 Å². The maximum atomic E-state index is 9.64. The molecule has 3 aliphatic rings. The van der Waals surface area contributed by atoms with Crippen LogP contribution in [0.1, 0.15) is 51.4 Å². The smallest absolute Gasteiger partial charge is 0.119 e. The minimum absolute atomic E-state index is 0.390. The van der Waals surface area contributed by atoms with Gasteiger partial charge in [-0.25, -0.2) is 0 Å². The van der Waals surface area contributed by atoms with Gasteiger partial charge in [0.1, 0.15) is 11.1 Å². The van der Waals surface area contributed by atoms with Crippen molar-refractivity contribution in [3.8, 4) is 12.1 Å². The minimum atomic E-state index is -0.438. The molecular formula is C14H19N3S. The number of hydrogen-bond donors (Lipinski definition) is 1. The van der Waals surface area contributed by atoms with Crippen molar-refractivity contribution < 1.29 is 0 Å². The zero-order chi connectivity index (χ0) is 12.6. The van der Waals surface area contributed by atoms with E-state index in [1.807, 2.05) is 11.8 Å². The van der Waals surface area contributed by atoms with Crippen LogP contribution in [0.3, 0.4) is 0 Å². The number of nitrogens with zero attached hydrogens (tertiary/aromatic N) is 2. The molecule has 0 amide bonds. The summed E-state index contributed by atoms with van der Waals surface area (Å²) in [4.78, 5) is 0. The topological polar surface area (TPSA) is 59.6 Å². The number of fused-ring (bicyclic) bond motifs is 2. The Balaban J connectivity index is 1.95. The summed E-state index contributed by atoms with van der Waals surface area (Å²) in [6.07, 6.45) is 8.78. The van der Waals surface area contributed by atoms with Gasteiger partial charge in [0.05, 0.1) is 12.1 Å². The molecule has 1 N–H and O–H groups in total. The lowest BCUT2D eigenvalue weighted by Crippen LogP contribution is -2.70. The Morgan fingerprint density at radius 1 is 0.889 bits per heavy atom. The lowest BCUT2D eigenvalue weighted by molar-refractivity contribution is 0.190. The Bertz CT molecular complexity index is 386. The number of nitrogens with one attached hydrogen (secondary N) is 1. The van der Waals surface area contributed by atoms with Gasteiger partial charge in [0.2, 0.25) is 0 Å². The van der Waals surface area contributed by atoms with Crippen LogP contribution in [0, 0.1) is 22.7 Å². The van der Waals surface area contributed by atoms with E-state index in [0.717, 1.165) is 38.5 Å². The van der Waals surface area contributed by atoms with Crippen LogP contribution in [0.2, 0.25) is 0 Å². The van der Waals surface area contributed by atoms with Crippen LogP contribution in [0.5, 0.6) is 0 Å². The third-order valence-corrected chi connectivity index (χ3v) is 6.78. The first-order valence-corrected chi connectivity index (χ1v) is 7.96. The number of nitriles is 2. The fourth-order valence-corrected chi connectivity index (χ4v) is 5.77. The van der Waals surface area contributed by atoms with E-state index >= 15 is 0 Å². The molecular weight excluding hydrogens is 242 g/mol. The zero-order valence-corrected chi connectivity index (χ0v) is 11.4. The Morgan fingerprint density at radius 2 is 1.39 bits per heavy atom. The van der Waals surface area contributed by atoms with Crippen molar-refractivity contribution in [2.24, 2.45) is 0 Å². The molecule has 1 heterocycles. The van der Waals surface area contributed by atoms with Crippen LogP contribution < -0.4 is 5.32 Å². The third-order valence-electron chi connectivity index (χ3n) is 4.85. The van der Waals surface area contributed by atoms with Crippen LogP contribution in [0.25, 0.3) is 0 Å². The number of hydrogen-bond acceptors (Lipinski definition) is 4. The molecule has 0 radical (unpaired) electrons. The first-order chi connectivity index (χ1) is 8.75. The summed E-state index contributed by atoms with van der Waals surface area (Å²) in [7, 11) is 0. The Kier molecular flexibility index (Phi) is 3.04. The summed E-state index contributed by atoms with van der Waals surface area (Å²) in [5.41, 5.74) is -0.876. The highest BCUT2D eigenvalue weighted by molar-refractivity contribution is 8.00. The van der Waals surface area contributed by atoms with Crippen molar-refractivity contribution in [1.82, 2.24) is 5.32 Å². The number of thioether (sulfide) groups is 1. The molecule has 0 unspecified atom stereocenters. The highest BCUT2D eigenvalue weighted by Gasteiger charge is 2.56. The normalized spacial score (nSPS) is 47.2. The van der Waals surface area contributed by atoms with Gasteiger partial charge < -0.3 is 0 Å². The van der Waals surface area contributed by atoms with Crippen LogP contribution in [0.15, 0.2) is 0 Å². The van der Waals surface area contributed by atoms with Crippen molar-refractivity contribution in [3.63, 3.8) is 0 Å². The molecule has 2 saturated carbocycles. The van der Waals surface area contributed by atoms with Gasteiger partial charge in [-0.1, -0.05) is 25.7 Å². The predicted molar refractivity (Wildman–Crippen MR) is 71.9 cm³/mol. The second-order valence-electron chi connectivity index (χ2n) is 5.90. The van der Waals surface area contributed by atoms with E-state index in [1.165, 1.54) is 12.8 Å². The Morgan fingerprint density at radius 3 is 1.83 bits per heavy atom. The summed E-state index contributed by atoms with van der Waals surface area (Å²) < 4.78 is 0. The highest BCUT2D eigenvalue weighted by atomic mass is 32.2. The quantitative estimate of drug-likeness (QED) is 0.728. The minimum Gasteiger partial charge on any atom is -0.280 e. The van der Waals surface area contributed by atoms with Gasteiger partial charge in [-0.2, -0.15) is 10.5 Å². The maximum absolute atomic E-state index is 9.64. The molecule has 0 aromatic rings. The summed E-state index contributed by atoms with van der Waals surface area (Å²) in [6, 6.07) is 5.06. The van der Waals surface area contributed by atoms with Gasteiger partial charge >= 0.3 is 0 Å². The molecule has 1 saturated heterocycles. The molecule has 3 rings (SSSR count). The van der Waals surface area contributed by atoms with Gasteiger partial charge in [0.25, 0.3) is 0 Å². The fourth-order valence-electron chi connectivity index (χ4n) is 3.84. The van der Waals surface area contributed by atoms with Crippen LogP contribution in [-0.4, -0.2) is 21.6 Å². The Hall–Kier alpha value is -0.710. The molecule has 3 fully saturated rings. The van der Waals surface area contributed by atoms with Gasteiger partial charge in [-0.05, 0) is 25.7 Å². The van der Waals surface area contributed by atoms with Crippen LogP contribution in [-0.2, 0) is 0 Å². The fraction of sp³-hybridized carbons (Fsp3) is 0.857. The van der Waals surface area contributed by atoms with Gasteiger partial charge in [0, 0.05) is 10.5 Å². The van der Waals surface area contributed by atoms with Gasteiger partial charge in [0.15, 0.2) is 0 Å². The van der Waals surface area contributed by atoms with Crippen LogP contribution >= 0.6 is 11.8 Å². The molecule has 0 aromatic heterocycles. The van der Waals surface area contributed by atoms with Crippen LogP contribution in [0.4, 0.5) is 0 Å². The molecule has 0 spiro atoms.